The van der Waals surface area contributed by atoms with Crippen LogP contribution in [0.4, 0.5) is 11.4 Å². The Morgan fingerprint density at radius 3 is 2.90 bits per heavy atom. The van der Waals surface area contributed by atoms with Crippen LogP contribution in [0, 0.1) is 5.92 Å². The number of hydrogen-bond acceptors (Lipinski definition) is 3. The smallest absolute Gasteiger partial charge is 0.120 e. The molecule has 1 atom stereocenters. The Morgan fingerprint density at radius 1 is 1.19 bits per heavy atom. The number of methoxy groups -OCH3 is 1. The van der Waals surface area contributed by atoms with Crippen LogP contribution in [0.2, 0.25) is 0 Å². The fourth-order valence-electron chi connectivity index (χ4n) is 2.98. The van der Waals surface area contributed by atoms with Crippen LogP contribution in [0.3, 0.4) is 0 Å². The Balaban J connectivity index is 1.67. The summed E-state index contributed by atoms with van der Waals surface area (Å²) in [6, 6.07) is 16.8. The van der Waals surface area contributed by atoms with Crippen molar-refractivity contribution in [3.63, 3.8) is 0 Å². The summed E-state index contributed by atoms with van der Waals surface area (Å²) in [5, 5.41) is 3.54. The first-order valence-corrected chi connectivity index (χ1v) is 7.43. The molecule has 0 saturated heterocycles. The summed E-state index contributed by atoms with van der Waals surface area (Å²) in [5.41, 5.74) is 3.92. The van der Waals surface area contributed by atoms with E-state index >= 15 is 0 Å². The topological polar surface area (TPSA) is 24.5 Å². The van der Waals surface area contributed by atoms with Crippen LogP contribution in [0.25, 0.3) is 0 Å². The van der Waals surface area contributed by atoms with Crippen LogP contribution in [0.1, 0.15) is 5.56 Å². The van der Waals surface area contributed by atoms with Gasteiger partial charge in [0.15, 0.2) is 0 Å². The summed E-state index contributed by atoms with van der Waals surface area (Å²) in [6.45, 7) is 2.07. The zero-order valence-corrected chi connectivity index (χ0v) is 12.7. The molecule has 3 nitrogen and oxygen atoms in total. The van der Waals surface area contributed by atoms with Gasteiger partial charge in [0.05, 0.1) is 7.11 Å². The number of para-hydroxylation sites is 1. The van der Waals surface area contributed by atoms with Gasteiger partial charge in [-0.3, -0.25) is 0 Å². The van der Waals surface area contributed by atoms with Crippen LogP contribution in [-0.4, -0.2) is 27.2 Å². The van der Waals surface area contributed by atoms with Crippen molar-refractivity contribution in [1.82, 2.24) is 0 Å². The highest BCUT2D eigenvalue weighted by Gasteiger charge is 2.19. The second-order valence-electron chi connectivity index (χ2n) is 5.69. The molecule has 0 aromatic heterocycles. The molecule has 0 aliphatic carbocycles. The lowest BCUT2D eigenvalue weighted by Gasteiger charge is -2.30. The zero-order valence-electron chi connectivity index (χ0n) is 12.7. The minimum atomic E-state index is 0.621. The minimum absolute atomic E-state index is 0.621. The molecule has 1 unspecified atom stereocenters. The SMILES string of the molecule is COc1cccc(N(C)CC2CNc3ccccc3C2)c1. The summed E-state index contributed by atoms with van der Waals surface area (Å²) in [5.74, 6) is 1.53. The van der Waals surface area contributed by atoms with Crippen LogP contribution in [0.5, 0.6) is 5.75 Å². The number of nitrogens with one attached hydrogen (secondary N) is 1. The third-order valence-electron chi connectivity index (χ3n) is 4.13. The maximum atomic E-state index is 5.30. The summed E-state index contributed by atoms with van der Waals surface area (Å²) in [7, 11) is 3.86. The molecular weight excluding hydrogens is 260 g/mol. The van der Waals surface area contributed by atoms with Gasteiger partial charge >= 0.3 is 0 Å². The maximum Gasteiger partial charge on any atom is 0.120 e. The van der Waals surface area contributed by atoms with E-state index in [0.717, 1.165) is 25.3 Å². The molecule has 0 saturated carbocycles. The summed E-state index contributed by atoms with van der Waals surface area (Å²) >= 11 is 0. The predicted octanol–water partition coefficient (Wildman–Crippen LogP) is 3.42. The van der Waals surface area contributed by atoms with E-state index in [2.05, 4.69) is 53.7 Å². The normalized spacial score (nSPS) is 16.8. The lowest BCUT2D eigenvalue weighted by atomic mass is 9.93. The zero-order chi connectivity index (χ0) is 14.7. The molecule has 1 N–H and O–H groups in total. The number of hydrogen-bond donors (Lipinski definition) is 1. The quantitative estimate of drug-likeness (QED) is 0.930. The van der Waals surface area contributed by atoms with Crippen LogP contribution < -0.4 is 15.0 Å². The fourth-order valence-corrected chi connectivity index (χ4v) is 2.98. The van der Waals surface area contributed by atoms with Gasteiger partial charge in [0, 0.05) is 37.6 Å². The number of ether oxygens (including phenoxy) is 1. The van der Waals surface area contributed by atoms with Gasteiger partial charge in [0.2, 0.25) is 0 Å². The molecule has 2 aromatic rings. The van der Waals surface area contributed by atoms with Crippen molar-refractivity contribution in [2.24, 2.45) is 5.92 Å². The van der Waals surface area contributed by atoms with Gasteiger partial charge in [-0.25, -0.2) is 0 Å². The van der Waals surface area contributed by atoms with E-state index in [0.29, 0.717) is 5.92 Å². The largest absolute Gasteiger partial charge is 0.497 e. The highest BCUT2D eigenvalue weighted by atomic mass is 16.5. The fraction of sp³-hybridized carbons (Fsp3) is 0.333. The van der Waals surface area contributed by atoms with Gasteiger partial charge in [-0.05, 0) is 36.1 Å². The Bertz CT molecular complexity index is 612. The molecule has 3 rings (SSSR count). The molecular formula is C18H22N2O. The molecule has 0 radical (unpaired) electrons. The van der Waals surface area contributed by atoms with Gasteiger partial charge in [-0.1, -0.05) is 24.3 Å². The summed E-state index contributed by atoms with van der Waals surface area (Å²) in [6.07, 6.45) is 1.14. The number of nitrogens with zero attached hydrogens (tertiary/aromatic N) is 1. The van der Waals surface area contributed by atoms with E-state index in [1.165, 1.54) is 16.9 Å². The number of anilines is 2. The third kappa shape index (κ3) is 3.13. The van der Waals surface area contributed by atoms with Gasteiger partial charge in [-0.2, -0.15) is 0 Å². The van der Waals surface area contributed by atoms with Crippen molar-refractivity contribution in [2.45, 2.75) is 6.42 Å². The highest BCUT2D eigenvalue weighted by Crippen LogP contribution is 2.26. The first-order chi connectivity index (χ1) is 10.3. The van der Waals surface area contributed by atoms with E-state index in [4.69, 9.17) is 4.74 Å². The average molecular weight is 282 g/mol. The molecule has 21 heavy (non-hydrogen) atoms. The number of rotatable bonds is 4. The third-order valence-corrected chi connectivity index (χ3v) is 4.13. The molecule has 1 aliphatic heterocycles. The van der Waals surface area contributed by atoms with Gasteiger partial charge in [0.25, 0.3) is 0 Å². The van der Waals surface area contributed by atoms with Crippen molar-refractivity contribution in [3.8, 4) is 5.75 Å². The Labute approximate surface area is 126 Å². The first-order valence-electron chi connectivity index (χ1n) is 7.43. The molecule has 1 aliphatic rings. The Kier molecular flexibility index (Phi) is 4.00. The second kappa shape index (κ2) is 6.08. The van der Waals surface area contributed by atoms with Crippen molar-refractivity contribution >= 4 is 11.4 Å². The molecule has 0 spiro atoms. The van der Waals surface area contributed by atoms with Crippen LogP contribution >= 0.6 is 0 Å². The number of fused-ring (bicyclic) bond motifs is 1. The van der Waals surface area contributed by atoms with Gasteiger partial charge < -0.3 is 15.0 Å². The summed E-state index contributed by atoms with van der Waals surface area (Å²) < 4.78 is 5.30. The average Bonchev–Trinajstić information content (AvgIpc) is 2.54. The van der Waals surface area contributed by atoms with E-state index in [9.17, 15) is 0 Å². The van der Waals surface area contributed by atoms with E-state index in [1.807, 2.05) is 12.1 Å². The lowest BCUT2D eigenvalue weighted by Crippen LogP contribution is -2.33. The lowest BCUT2D eigenvalue weighted by molar-refractivity contribution is 0.414. The van der Waals surface area contributed by atoms with Crippen molar-refractivity contribution < 1.29 is 4.74 Å². The molecule has 1 heterocycles. The van der Waals surface area contributed by atoms with Gasteiger partial charge in [0.1, 0.15) is 5.75 Å². The molecule has 0 amide bonds. The first kappa shape index (κ1) is 13.8. The van der Waals surface area contributed by atoms with Crippen LogP contribution in [0.15, 0.2) is 48.5 Å². The Morgan fingerprint density at radius 2 is 2.05 bits per heavy atom. The van der Waals surface area contributed by atoms with Crippen molar-refractivity contribution in [3.05, 3.63) is 54.1 Å². The van der Waals surface area contributed by atoms with Crippen LogP contribution in [-0.2, 0) is 6.42 Å². The standard InChI is InChI=1S/C18H22N2O/c1-20(16-7-5-8-17(11-16)21-2)13-14-10-15-6-3-4-9-18(15)19-12-14/h3-9,11,14,19H,10,12-13H2,1-2H3. The van der Waals surface area contributed by atoms with E-state index in [-0.39, 0.29) is 0 Å². The minimum Gasteiger partial charge on any atom is -0.497 e. The Hall–Kier alpha value is -2.16. The number of benzene rings is 2. The molecule has 0 fully saturated rings. The highest BCUT2D eigenvalue weighted by molar-refractivity contribution is 5.54. The van der Waals surface area contributed by atoms with Crippen molar-refractivity contribution in [2.75, 3.05) is 37.5 Å². The maximum absolute atomic E-state index is 5.30. The molecule has 3 heteroatoms. The molecule has 0 bridgehead atoms. The van der Waals surface area contributed by atoms with Crippen molar-refractivity contribution in [1.29, 1.82) is 0 Å². The molecule has 110 valence electrons. The van der Waals surface area contributed by atoms with E-state index < -0.39 is 0 Å². The predicted molar refractivity (Wildman–Crippen MR) is 88.4 cm³/mol. The van der Waals surface area contributed by atoms with E-state index in [1.54, 1.807) is 7.11 Å². The summed E-state index contributed by atoms with van der Waals surface area (Å²) in [4.78, 5) is 2.31. The monoisotopic (exact) mass is 282 g/mol. The second-order valence-corrected chi connectivity index (χ2v) is 5.69. The van der Waals surface area contributed by atoms with Gasteiger partial charge in [-0.15, -0.1) is 0 Å². The molecule has 2 aromatic carbocycles.